The van der Waals surface area contributed by atoms with Crippen LogP contribution in [0, 0.1) is 0 Å². The lowest BCUT2D eigenvalue weighted by atomic mass is 9.94. The van der Waals surface area contributed by atoms with Crippen LogP contribution in [0.25, 0.3) is 0 Å². The number of ether oxygens (including phenoxy) is 1. The monoisotopic (exact) mass is 463 g/mol. The Morgan fingerprint density at radius 3 is 2.45 bits per heavy atom. The van der Waals surface area contributed by atoms with Crippen LogP contribution in [0.15, 0.2) is 52.3 Å². The van der Waals surface area contributed by atoms with Gasteiger partial charge in [-0.25, -0.2) is 4.79 Å². The first-order valence-corrected chi connectivity index (χ1v) is 11.9. The minimum atomic E-state index is -0.741. The van der Waals surface area contributed by atoms with E-state index < -0.39 is 17.2 Å². The van der Waals surface area contributed by atoms with Gasteiger partial charge in [0.1, 0.15) is 5.60 Å². The lowest BCUT2D eigenvalue weighted by Gasteiger charge is -2.30. The van der Waals surface area contributed by atoms with Gasteiger partial charge in [0.2, 0.25) is 0 Å². The molecule has 0 bridgehead atoms. The fraction of sp³-hybridized carbons (Fsp3) is 0.480. The van der Waals surface area contributed by atoms with Crippen molar-refractivity contribution in [1.82, 2.24) is 5.32 Å². The smallest absolute Gasteiger partial charge is 0.408 e. The van der Waals surface area contributed by atoms with Gasteiger partial charge in [0.25, 0.3) is 0 Å². The Morgan fingerprint density at radius 1 is 1.13 bits per heavy atom. The lowest BCUT2D eigenvalue weighted by Crippen LogP contribution is -2.50. The molecule has 0 saturated carbocycles. The maximum absolute atomic E-state index is 12.1. The van der Waals surface area contributed by atoms with Crippen LogP contribution in [-0.4, -0.2) is 28.9 Å². The third-order valence-electron chi connectivity index (χ3n) is 4.89. The van der Waals surface area contributed by atoms with Crippen molar-refractivity contribution in [3.05, 3.63) is 58.6 Å². The molecule has 0 radical (unpaired) electrons. The van der Waals surface area contributed by atoms with Gasteiger partial charge in [0.05, 0.1) is 12.1 Å². The number of alkyl carbamates (subject to hydrolysis) is 1. The predicted octanol–water partition coefficient (Wildman–Crippen LogP) is 6.65. The molecule has 1 atom stereocenters. The second-order valence-electron chi connectivity index (χ2n) is 9.06. The molecule has 0 saturated heterocycles. The maximum Gasteiger partial charge on any atom is 0.408 e. The van der Waals surface area contributed by atoms with Crippen LogP contribution in [0.5, 0.6) is 0 Å². The molecule has 1 unspecified atom stereocenters. The van der Waals surface area contributed by atoms with Crippen molar-refractivity contribution in [3.63, 3.8) is 0 Å². The average molecular weight is 464 g/mol. The van der Waals surface area contributed by atoms with Crippen molar-refractivity contribution >= 4 is 29.5 Å². The molecule has 0 aromatic heterocycles. The summed E-state index contributed by atoms with van der Waals surface area (Å²) in [7, 11) is 0. The molecule has 2 N–H and O–H groups in total. The summed E-state index contributed by atoms with van der Waals surface area (Å²) in [6.45, 7) is 9.25. The van der Waals surface area contributed by atoms with Gasteiger partial charge in [-0.05, 0) is 88.8 Å². The number of carbonyl (C=O) groups is 1. The number of halogens is 1. The third kappa shape index (κ3) is 8.76. The summed E-state index contributed by atoms with van der Waals surface area (Å²) in [5, 5.41) is 13.3. The zero-order chi connectivity index (χ0) is 23.1. The molecule has 0 heterocycles. The van der Waals surface area contributed by atoms with Gasteiger partial charge in [-0.2, -0.15) is 0 Å². The Bertz CT molecular complexity index is 881. The molecule has 4 nitrogen and oxygen atoms in total. The highest BCUT2D eigenvalue weighted by molar-refractivity contribution is 7.99. The normalized spacial score (nSPS) is 13.5. The van der Waals surface area contributed by atoms with Crippen LogP contribution >= 0.6 is 23.4 Å². The number of aliphatic hydroxyl groups excluding tert-OH is 1. The molecule has 0 aliphatic carbocycles. The minimum Gasteiger partial charge on any atom is -0.444 e. The quantitative estimate of drug-likeness (QED) is 0.437. The van der Waals surface area contributed by atoms with E-state index in [0.29, 0.717) is 6.42 Å². The van der Waals surface area contributed by atoms with Gasteiger partial charge in [-0.1, -0.05) is 48.5 Å². The maximum atomic E-state index is 12.1. The number of amides is 1. The van der Waals surface area contributed by atoms with E-state index in [4.69, 9.17) is 16.3 Å². The number of aliphatic hydroxyl groups is 1. The van der Waals surface area contributed by atoms with Crippen molar-refractivity contribution in [1.29, 1.82) is 0 Å². The molecule has 2 aromatic rings. The number of hydrogen-bond acceptors (Lipinski definition) is 4. The van der Waals surface area contributed by atoms with Crippen LogP contribution in [0.4, 0.5) is 4.79 Å². The van der Waals surface area contributed by atoms with Crippen molar-refractivity contribution < 1.29 is 14.6 Å². The molecule has 0 aliphatic rings. The third-order valence-corrected chi connectivity index (χ3v) is 6.22. The van der Waals surface area contributed by atoms with Crippen LogP contribution in [0.1, 0.15) is 58.6 Å². The van der Waals surface area contributed by atoms with Gasteiger partial charge in [-0.15, -0.1) is 0 Å². The number of carbonyl (C=O) groups excluding carboxylic acids is 1. The van der Waals surface area contributed by atoms with Crippen molar-refractivity contribution in [2.24, 2.45) is 0 Å². The van der Waals surface area contributed by atoms with Crippen LogP contribution in [0.3, 0.4) is 0 Å². The molecule has 2 rings (SSSR count). The van der Waals surface area contributed by atoms with E-state index >= 15 is 0 Å². The summed E-state index contributed by atoms with van der Waals surface area (Å²) in [6.07, 6.45) is 2.65. The Balaban J connectivity index is 1.93. The van der Waals surface area contributed by atoms with E-state index in [1.54, 1.807) is 11.8 Å². The number of nitrogens with one attached hydrogen (secondary N) is 1. The number of aryl methyl sites for hydroxylation is 2. The van der Waals surface area contributed by atoms with E-state index in [1.807, 2.05) is 33.8 Å². The molecule has 31 heavy (non-hydrogen) atoms. The van der Waals surface area contributed by atoms with Crippen LogP contribution in [0.2, 0.25) is 5.02 Å². The first-order valence-electron chi connectivity index (χ1n) is 10.7. The minimum absolute atomic E-state index is 0.160. The van der Waals surface area contributed by atoms with Crippen molar-refractivity contribution in [2.45, 2.75) is 81.2 Å². The second-order valence-corrected chi connectivity index (χ2v) is 10.6. The lowest BCUT2D eigenvalue weighted by molar-refractivity contribution is 0.0404. The predicted molar refractivity (Wildman–Crippen MR) is 129 cm³/mol. The SMILES string of the molecule is CCc1cccc(Sc2ccc(CCCC(C)(CO)NC(=O)OC(C)(C)C)c(Cl)c2)c1. The van der Waals surface area contributed by atoms with Gasteiger partial charge in [0.15, 0.2) is 0 Å². The molecule has 1 amide bonds. The second kappa shape index (κ2) is 11.3. The highest BCUT2D eigenvalue weighted by atomic mass is 35.5. The Kier molecular flexibility index (Phi) is 9.28. The molecule has 6 heteroatoms. The van der Waals surface area contributed by atoms with E-state index in [2.05, 4.69) is 48.6 Å². The molecular weight excluding hydrogens is 430 g/mol. The molecule has 0 fully saturated rings. The Labute approximate surface area is 195 Å². The molecular formula is C25H34ClNO3S. The zero-order valence-corrected chi connectivity index (χ0v) is 20.7. The largest absolute Gasteiger partial charge is 0.444 e. The van der Waals surface area contributed by atoms with Gasteiger partial charge in [0, 0.05) is 14.8 Å². The summed E-state index contributed by atoms with van der Waals surface area (Å²) in [6, 6.07) is 14.7. The zero-order valence-electron chi connectivity index (χ0n) is 19.1. The van der Waals surface area contributed by atoms with Gasteiger partial charge in [-0.3, -0.25) is 0 Å². The molecule has 170 valence electrons. The summed E-state index contributed by atoms with van der Waals surface area (Å²) in [5.74, 6) is 0. The average Bonchev–Trinajstić information content (AvgIpc) is 2.68. The number of benzene rings is 2. The van der Waals surface area contributed by atoms with E-state index in [-0.39, 0.29) is 6.61 Å². The summed E-state index contributed by atoms with van der Waals surface area (Å²) in [4.78, 5) is 14.4. The summed E-state index contributed by atoms with van der Waals surface area (Å²) >= 11 is 8.25. The summed E-state index contributed by atoms with van der Waals surface area (Å²) in [5.41, 5.74) is 1.06. The number of rotatable bonds is 9. The van der Waals surface area contributed by atoms with Crippen LogP contribution in [-0.2, 0) is 17.6 Å². The highest BCUT2D eigenvalue weighted by Gasteiger charge is 2.28. The fourth-order valence-electron chi connectivity index (χ4n) is 3.16. The van der Waals surface area contributed by atoms with Crippen molar-refractivity contribution in [2.75, 3.05) is 6.61 Å². The fourth-order valence-corrected chi connectivity index (χ4v) is 4.44. The molecule has 2 aromatic carbocycles. The van der Waals surface area contributed by atoms with E-state index in [9.17, 15) is 9.90 Å². The number of hydrogen-bond donors (Lipinski definition) is 2. The van der Waals surface area contributed by atoms with Gasteiger partial charge < -0.3 is 15.2 Å². The van der Waals surface area contributed by atoms with E-state index in [1.165, 1.54) is 10.5 Å². The first-order chi connectivity index (χ1) is 14.5. The first kappa shape index (κ1) is 25.6. The Morgan fingerprint density at radius 2 is 1.84 bits per heavy atom. The van der Waals surface area contributed by atoms with Crippen LogP contribution < -0.4 is 5.32 Å². The highest BCUT2D eigenvalue weighted by Crippen LogP contribution is 2.32. The molecule has 0 spiro atoms. The summed E-state index contributed by atoms with van der Waals surface area (Å²) < 4.78 is 5.31. The standard InChI is InChI=1S/C25H34ClNO3S/c1-6-18-9-7-11-20(15-18)31-21-13-12-19(22(26)16-21)10-8-14-25(5,17-28)27-23(29)30-24(2,3)4/h7,9,11-13,15-16,28H,6,8,10,14,17H2,1-5H3,(H,27,29). The van der Waals surface area contributed by atoms with Gasteiger partial charge >= 0.3 is 6.09 Å². The van der Waals surface area contributed by atoms with E-state index in [0.717, 1.165) is 34.7 Å². The van der Waals surface area contributed by atoms with Crippen molar-refractivity contribution in [3.8, 4) is 0 Å². The molecule has 0 aliphatic heterocycles. The topological polar surface area (TPSA) is 58.6 Å². The Hall–Kier alpha value is -1.69.